The first-order valence-corrected chi connectivity index (χ1v) is 7.02. The Kier molecular flexibility index (Phi) is 3.05. The van der Waals surface area contributed by atoms with Gasteiger partial charge in [-0.05, 0) is 17.9 Å². The zero-order valence-corrected chi connectivity index (χ0v) is 11.1. The van der Waals surface area contributed by atoms with Gasteiger partial charge in [0, 0.05) is 6.54 Å². The van der Waals surface area contributed by atoms with Gasteiger partial charge < -0.3 is 15.4 Å². The topological polar surface area (TPSA) is 64.3 Å². The lowest BCUT2D eigenvalue weighted by Gasteiger charge is -2.36. The molecule has 6 heteroatoms. The maximum Gasteiger partial charge on any atom is 0.223 e. The van der Waals surface area contributed by atoms with Crippen LogP contribution in [0.25, 0.3) is 10.2 Å². The molecule has 1 aliphatic rings. The van der Waals surface area contributed by atoms with Crippen molar-refractivity contribution in [1.82, 2.24) is 9.97 Å². The van der Waals surface area contributed by atoms with Crippen molar-refractivity contribution in [2.45, 2.75) is 19.4 Å². The summed E-state index contributed by atoms with van der Waals surface area (Å²) in [6.07, 6.45) is 1.04. The first kappa shape index (κ1) is 11.7. The third-order valence-corrected chi connectivity index (χ3v) is 4.10. The Morgan fingerprint density at radius 3 is 3.28 bits per heavy atom. The Balaban J connectivity index is 2.08. The van der Waals surface area contributed by atoms with Crippen LogP contribution in [0.15, 0.2) is 11.4 Å². The van der Waals surface area contributed by atoms with Crippen molar-refractivity contribution in [3.05, 3.63) is 11.4 Å². The van der Waals surface area contributed by atoms with Gasteiger partial charge in [0.15, 0.2) is 0 Å². The average Bonchev–Trinajstić information content (AvgIpc) is 2.85. The van der Waals surface area contributed by atoms with Gasteiger partial charge >= 0.3 is 0 Å². The van der Waals surface area contributed by atoms with E-state index in [1.807, 2.05) is 5.38 Å². The molecule has 3 rings (SSSR count). The molecule has 1 atom stereocenters. The summed E-state index contributed by atoms with van der Waals surface area (Å²) in [4.78, 5) is 12.0. The van der Waals surface area contributed by atoms with Gasteiger partial charge in [-0.15, -0.1) is 11.3 Å². The Morgan fingerprint density at radius 2 is 2.44 bits per heavy atom. The Labute approximate surface area is 110 Å². The maximum absolute atomic E-state index is 5.80. The molecule has 96 valence electrons. The summed E-state index contributed by atoms with van der Waals surface area (Å²) in [7, 11) is 0. The lowest BCUT2D eigenvalue weighted by molar-refractivity contribution is 0.0927. The summed E-state index contributed by atoms with van der Waals surface area (Å²) in [5, 5.41) is 3.12. The molecule has 0 saturated carbocycles. The molecule has 18 heavy (non-hydrogen) atoms. The Bertz CT molecular complexity index is 556. The number of nitrogen functional groups attached to an aromatic ring is 1. The van der Waals surface area contributed by atoms with Crippen LogP contribution in [0.1, 0.15) is 13.3 Å². The summed E-state index contributed by atoms with van der Waals surface area (Å²) in [6.45, 7) is 4.53. The second-order valence-electron chi connectivity index (χ2n) is 4.38. The van der Waals surface area contributed by atoms with E-state index in [1.165, 1.54) is 0 Å². The van der Waals surface area contributed by atoms with Gasteiger partial charge in [-0.3, -0.25) is 0 Å². The first-order valence-electron chi connectivity index (χ1n) is 6.14. The maximum atomic E-state index is 5.80. The van der Waals surface area contributed by atoms with Crippen molar-refractivity contribution in [2.24, 2.45) is 0 Å². The molecule has 3 heterocycles. The van der Waals surface area contributed by atoms with Crippen LogP contribution in [0.3, 0.4) is 0 Å². The van der Waals surface area contributed by atoms with Crippen molar-refractivity contribution in [1.29, 1.82) is 0 Å². The molecule has 1 aliphatic heterocycles. The lowest BCUT2D eigenvalue weighted by atomic mass is 10.1. The van der Waals surface area contributed by atoms with E-state index in [-0.39, 0.29) is 0 Å². The predicted octanol–water partition coefficient (Wildman–Crippen LogP) is 1.89. The highest BCUT2D eigenvalue weighted by Gasteiger charge is 2.25. The van der Waals surface area contributed by atoms with Gasteiger partial charge in [-0.1, -0.05) is 6.92 Å². The number of morpholine rings is 1. The number of nitrogens with two attached hydrogens (primary N) is 1. The fraction of sp³-hybridized carbons (Fsp3) is 0.500. The fourth-order valence-electron chi connectivity index (χ4n) is 2.35. The minimum absolute atomic E-state index is 0.348. The molecule has 0 bridgehead atoms. The predicted molar refractivity (Wildman–Crippen MR) is 74.1 cm³/mol. The largest absolute Gasteiger partial charge is 0.377 e. The smallest absolute Gasteiger partial charge is 0.223 e. The molecule has 0 spiro atoms. The Morgan fingerprint density at radius 1 is 1.56 bits per heavy atom. The van der Waals surface area contributed by atoms with Crippen molar-refractivity contribution in [3.63, 3.8) is 0 Å². The summed E-state index contributed by atoms with van der Waals surface area (Å²) in [6, 6.07) is 2.44. The SMILES string of the molecule is CCC1COCCN1c1nc(N)nc2sccc12. The number of thiophene rings is 1. The van der Waals surface area contributed by atoms with E-state index in [0.29, 0.717) is 12.0 Å². The molecular formula is C12H16N4OS. The van der Waals surface area contributed by atoms with Crippen molar-refractivity contribution < 1.29 is 4.74 Å². The first-order chi connectivity index (χ1) is 8.79. The number of nitrogens with zero attached hydrogens (tertiary/aromatic N) is 3. The standard InChI is InChI=1S/C12H16N4OS/c1-2-8-7-17-5-4-16(8)10-9-3-6-18-11(9)15-12(13)14-10/h3,6,8H,2,4-5,7H2,1H3,(H2,13,14,15). The van der Waals surface area contributed by atoms with Crippen LogP contribution in [-0.4, -0.2) is 35.8 Å². The minimum atomic E-state index is 0.348. The molecule has 0 radical (unpaired) electrons. The normalized spacial score (nSPS) is 20.5. The molecular weight excluding hydrogens is 248 g/mol. The zero-order valence-electron chi connectivity index (χ0n) is 10.3. The zero-order chi connectivity index (χ0) is 12.5. The quantitative estimate of drug-likeness (QED) is 0.897. The van der Waals surface area contributed by atoms with Crippen LogP contribution in [0.4, 0.5) is 11.8 Å². The number of fused-ring (bicyclic) bond motifs is 1. The molecule has 5 nitrogen and oxygen atoms in total. The van der Waals surface area contributed by atoms with E-state index in [2.05, 4.69) is 27.9 Å². The van der Waals surface area contributed by atoms with Crippen LogP contribution in [0.5, 0.6) is 0 Å². The number of aromatic nitrogens is 2. The van der Waals surface area contributed by atoms with Crippen LogP contribution in [0.2, 0.25) is 0 Å². The molecule has 0 aliphatic carbocycles. The summed E-state index contributed by atoms with van der Waals surface area (Å²) < 4.78 is 5.53. The van der Waals surface area contributed by atoms with E-state index in [9.17, 15) is 0 Å². The Hall–Kier alpha value is -1.40. The van der Waals surface area contributed by atoms with Crippen LogP contribution < -0.4 is 10.6 Å². The van der Waals surface area contributed by atoms with Crippen LogP contribution >= 0.6 is 11.3 Å². The average molecular weight is 264 g/mol. The third kappa shape index (κ3) is 1.91. The molecule has 0 amide bonds. The summed E-state index contributed by atoms with van der Waals surface area (Å²) >= 11 is 1.60. The molecule has 2 aromatic rings. The lowest BCUT2D eigenvalue weighted by Crippen LogP contribution is -2.45. The van der Waals surface area contributed by atoms with Gasteiger partial charge in [-0.2, -0.15) is 4.98 Å². The van der Waals surface area contributed by atoms with Gasteiger partial charge in [0.2, 0.25) is 5.95 Å². The van der Waals surface area contributed by atoms with Crippen molar-refractivity contribution >= 4 is 33.3 Å². The second-order valence-corrected chi connectivity index (χ2v) is 5.27. The van der Waals surface area contributed by atoms with E-state index in [4.69, 9.17) is 10.5 Å². The highest BCUT2D eigenvalue weighted by atomic mass is 32.1. The van der Waals surface area contributed by atoms with E-state index in [1.54, 1.807) is 11.3 Å². The third-order valence-electron chi connectivity index (χ3n) is 3.29. The van der Waals surface area contributed by atoms with Gasteiger partial charge in [-0.25, -0.2) is 4.98 Å². The van der Waals surface area contributed by atoms with Gasteiger partial charge in [0.25, 0.3) is 0 Å². The number of hydrogen-bond donors (Lipinski definition) is 1. The number of anilines is 2. The second kappa shape index (κ2) is 4.70. The molecule has 2 N–H and O–H groups in total. The van der Waals surface area contributed by atoms with Crippen LogP contribution in [-0.2, 0) is 4.74 Å². The van der Waals surface area contributed by atoms with Crippen molar-refractivity contribution in [3.8, 4) is 0 Å². The minimum Gasteiger partial charge on any atom is -0.377 e. The van der Waals surface area contributed by atoms with Gasteiger partial charge in [0.05, 0.1) is 24.6 Å². The van der Waals surface area contributed by atoms with Crippen molar-refractivity contribution in [2.75, 3.05) is 30.4 Å². The number of ether oxygens (including phenoxy) is 1. The van der Waals surface area contributed by atoms with Crippen LogP contribution in [0, 0.1) is 0 Å². The molecule has 1 unspecified atom stereocenters. The summed E-state index contributed by atoms with van der Waals surface area (Å²) in [5.41, 5.74) is 5.80. The molecule has 2 aromatic heterocycles. The van der Waals surface area contributed by atoms with E-state index >= 15 is 0 Å². The van der Waals surface area contributed by atoms with Gasteiger partial charge in [0.1, 0.15) is 10.6 Å². The number of hydrogen-bond acceptors (Lipinski definition) is 6. The molecule has 1 fully saturated rings. The fourth-order valence-corrected chi connectivity index (χ4v) is 3.11. The monoisotopic (exact) mass is 264 g/mol. The summed E-state index contributed by atoms with van der Waals surface area (Å²) in [5.74, 6) is 1.30. The molecule has 0 aromatic carbocycles. The number of rotatable bonds is 2. The molecule has 1 saturated heterocycles. The highest BCUT2D eigenvalue weighted by molar-refractivity contribution is 7.16. The highest BCUT2D eigenvalue weighted by Crippen LogP contribution is 2.30. The van der Waals surface area contributed by atoms with E-state index in [0.717, 1.165) is 42.2 Å². The van der Waals surface area contributed by atoms with E-state index < -0.39 is 0 Å².